The molecule has 2 rings (SSSR count). The summed E-state index contributed by atoms with van der Waals surface area (Å²) >= 11 is 0. The third kappa shape index (κ3) is 1.95. The van der Waals surface area contributed by atoms with Crippen LogP contribution in [-0.4, -0.2) is 17.4 Å². The van der Waals surface area contributed by atoms with Crippen LogP contribution in [0.15, 0.2) is 47.3 Å². The lowest BCUT2D eigenvalue weighted by Crippen LogP contribution is -2.30. The number of aromatic nitrogens is 1. The predicted octanol–water partition coefficient (Wildman–Crippen LogP) is 2.34. The molecule has 0 fully saturated rings. The third-order valence-electron chi connectivity index (χ3n) is 2.27. The molecule has 0 saturated carbocycles. The normalized spacial score (nSPS) is 10.1. The summed E-state index contributed by atoms with van der Waals surface area (Å²) in [5.41, 5.74) is 0.853. The minimum absolute atomic E-state index is 0.175. The first kappa shape index (κ1) is 10.4. The number of para-hydroxylation sites is 1. The molecule has 1 heterocycles. The zero-order valence-electron chi connectivity index (χ0n) is 8.96. The van der Waals surface area contributed by atoms with Gasteiger partial charge in [-0.3, -0.25) is 4.79 Å². The largest absolute Gasteiger partial charge is 0.438 e. The van der Waals surface area contributed by atoms with Crippen molar-refractivity contribution in [3.8, 4) is 0 Å². The van der Waals surface area contributed by atoms with E-state index < -0.39 is 0 Å². The second-order valence-electron chi connectivity index (χ2n) is 3.25. The summed E-state index contributed by atoms with van der Waals surface area (Å²) in [5, 5.41) is 0. The summed E-state index contributed by atoms with van der Waals surface area (Å²) in [6, 6.07) is 9.48. The lowest BCUT2D eigenvalue weighted by atomic mass is 10.2. The second-order valence-corrected chi connectivity index (χ2v) is 3.25. The lowest BCUT2D eigenvalue weighted by Gasteiger charge is -2.19. The molecule has 2 aromatic rings. The van der Waals surface area contributed by atoms with Crippen LogP contribution >= 0.6 is 0 Å². The maximum atomic E-state index is 12.0. The highest BCUT2D eigenvalue weighted by Gasteiger charge is 2.18. The van der Waals surface area contributed by atoms with E-state index in [1.54, 1.807) is 4.90 Å². The van der Waals surface area contributed by atoms with Gasteiger partial charge in [-0.2, -0.15) is 0 Å². The molecule has 0 atom stereocenters. The quantitative estimate of drug-likeness (QED) is 0.791. The first-order chi connectivity index (χ1) is 7.83. The summed E-state index contributed by atoms with van der Waals surface area (Å²) < 4.78 is 5.00. The van der Waals surface area contributed by atoms with E-state index in [1.165, 1.54) is 12.6 Å². The Hall–Kier alpha value is -2.10. The molecule has 0 aliphatic rings. The SMILES string of the molecule is CCN(C(=O)c1cnco1)c1ccccc1. The number of amides is 1. The van der Waals surface area contributed by atoms with Gasteiger partial charge in [0, 0.05) is 12.2 Å². The Balaban J connectivity index is 2.27. The van der Waals surface area contributed by atoms with Crippen LogP contribution in [0.4, 0.5) is 5.69 Å². The van der Waals surface area contributed by atoms with E-state index in [0.717, 1.165) is 5.69 Å². The molecule has 1 amide bonds. The minimum atomic E-state index is -0.175. The molecular weight excluding hydrogens is 204 g/mol. The average molecular weight is 216 g/mol. The van der Waals surface area contributed by atoms with Gasteiger partial charge in [-0.1, -0.05) is 18.2 Å². The highest BCUT2D eigenvalue weighted by atomic mass is 16.3. The fourth-order valence-electron chi connectivity index (χ4n) is 1.51. The molecule has 1 aromatic heterocycles. The molecule has 0 unspecified atom stereocenters. The van der Waals surface area contributed by atoms with Gasteiger partial charge in [-0.15, -0.1) is 0 Å². The number of nitrogens with zero attached hydrogens (tertiary/aromatic N) is 2. The average Bonchev–Trinajstić information content (AvgIpc) is 2.85. The smallest absolute Gasteiger partial charge is 0.295 e. The van der Waals surface area contributed by atoms with Gasteiger partial charge in [0.2, 0.25) is 5.76 Å². The molecule has 0 spiro atoms. The van der Waals surface area contributed by atoms with Gasteiger partial charge in [-0.25, -0.2) is 4.98 Å². The van der Waals surface area contributed by atoms with E-state index in [2.05, 4.69) is 4.98 Å². The van der Waals surface area contributed by atoms with Gasteiger partial charge in [0.15, 0.2) is 6.39 Å². The summed E-state index contributed by atoms with van der Waals surface area (Å²) in [7, 11) is 0. The Morgan fingerprint density at radius 1 is 1.38 bits per heavy atom. The molecule has 82 valence electrons. The van der Waals surface area contributed by atoms with Crippen LogP contribution in [0.3, 0.4) is 0 Å². The molecule has 0 N–H and O–H groups in total. The van der Waals surface area contributed by atoms with Crippen molar-refractivity contribution in [2.45, 2.75) is 6.92 Å². The zero-order chi connectivity index (χ0) is 11.4. The van der Waals surface area contributed by atoms with E-state index >= 15 is 0 Å². The second kappa shape index (κ2) is 4.61. The van der Waals surface area contributed by atoms with Crippen LogP contribution in [0.25, 0.3) is 0 Å². The predicted molar refractivity (Wildman–Crippen MR) is 60.3 cm³/mol. The van der Waals surface area contributed by atoms with Gasteiger partial charge < -0.3 is 9.32 Å². The van der Waals surface area contributed by atoms with E-state index in [-0.39, 0.29) is 11.7 Å². The number of benzene rings is 1. The van der Waals surface area contributed by atoms with Crippen molar-refractivity contribution in [3.63, 3.8) is 0 Å². The van der Waals surface area contributed by atoms with Crippen LogP contribution in [0.5, 0.6) is 0 Å². The Bertz CT molecular complexity index is 451. The Labute approximate surface area is 93.5 Å². The summed E-state index contributed by atoms with van der Waals surface area (Å²) in [4.78, 5) is 17.4. The van der Waals surface area contributed by atoms with Crippen molar-refractivity contribution in [1.82, 2.24) is 4.98 Å². The lowest BCUT2D eigenvalue weighted by molar-refractivity contribution is 0.0961. The number of anilines is 1. The number of carbonyl (C=O) groups is 1. The zero-order valence-corrected chi connectivity index (χ0v) is 8.96. The molecule has 1 aromatic carbocycles. The van der Waals surface area contributed by atoms with Crippen LogP contribution in [-0.2, 0) is 0 Å². The van der Waals surface area contributed by atoms with Crippen molar-refractivity contribution in [1.29, 1.82) is 0 Å². The first-order valence-electron chi connectivity index (χ1n) is 5.08. The van der Waals surface area contributed by atoms with E-state index in [4.69, 9.17) is 4.42 Å². The monoisotopic (exact) mass is 216 g/mol. The summed E-state index contributed by atoms with van der Waals surface area (Å²) in [6.45, 7) is 2.50. The van der Waals surface area contributed by atoms with Crippen LogP contribution in [0.1, 0.15) is 17.5 Å². The van der Waals surface area contributed by atoms with Crippen molar-refractivity contribution < 1.29 is 9.21 Å². The number of hydrogen-bond donors (Lipinski definition) is 0. The number of carbonyl (C=O) groups excluding carboxylic acids is 1. The molecule has 0 bridgehead atoms. The maximum absolute atomic E-state index is 12.0. The molecule has 0 aliphatic carbocycles. The number of oxazole rings is 1. The number of hydrogen-bond acceptors (Lipinski definition) is 3. The molecular formula is C12H12N2O2. The maximum Gasteiger partial charge on any atom is 0.295 e. The fourth-order valence-corrected chi connectivity index (χ4v) is 1.51. The Morgan fingerprint density at radius 3 is 2.69 bits per heavy atom. The van der Waals surface area contributed by atoms with Crippen molar-refractivity contribution in [2.24, 2.45) is 0 Å². The van der Waals surface area contributed by atoms with Crippen LogP contribution in [0, 0.1) is 0 Å². The van der Waals surface area contributed by atoms with Crippen molar-refractivity contribution in [3.05, 3.63) is 48.7 Å². The number of rotatable bonds is 3. The van der Waals surface area contributed by atoms with Gasteiger partial charge in [0.1, 0.15) is 0 Å². The fraction of sp³-hybridized carbons (Fsp3) is 0.167. The highest BCUT2D eigenvalue weighted by molar-refractivity contribution is 6.03. The van der Waals surface area contributed by atoms with Crippen molar-refractivity contribution >= 4 is 11.6 Å². The van der Waals surface area contributed by atoms with E-state index in [1.807, 2.05) is 37.3 Å². The molecule has 0 saturated heterocycles. The summed E-state index contributed by atoms with van der Waals surface area (Å²) in [5.74, 6) is 0.0805. The van der Waals surface area contributed by atoms with E-state index in [0.29, 0.717) is 6.54 Å². The minimum Gasteiger partial charge on any atom is -0.438 e. The van der Waals surface area contributed by atoms with Gasteiger partial charge in [0.25, 0.3) is 5.91 Å². The topological polar surface area (TPSA) is 46.3 Å². The van der Waals surface area contributed by atoms with Gasteiger partial charge in [-0.05, 0) is 19.1 Å². The first-order valence-corrected chi connectivity index (χ1v) is 5.08. The standard InChI is InChI=1S/C12H12N2O2/c1-2-14(10-6-4-3-5-7-10)12(15)11-8-13-9-16-11/h3-9H,2H2,1H3. The highest BCUT2D eigenvalue weighted by Crippen LogP contribution is 2.15. The molecule has 0 radical (unpaired) electrons. The Morgan fingerprint density at radius 2 is 2.12 bits per heavy atom. The van der Waals surface area contributed by atoms with Crippen molar-refractivity contribution in [2.75, 3.05) is 11.4 Å². The molecule has 4 heteroatoms. The molecule has 0 aliphatic heterocycles. The van der Waals surface area contributed by atoms with Gasteiger partial charge in [0.05, 0.1) is 6.20 Å². The van der Waals surface area contributed by atoms with Crippen LogP contribution < -0.4 is 4.90 Å². The van der Waals surface area contributed by atoms with Crippen LogP contribution in [0.2, 0.25) is 0 Å². The van der Waals surface area contributed by atoms with E-state index in [9.17, 15) is 4.79 Å². The molecule has 4 nitrogen and oxygen atoms in total. The Kier molecular flexibility index (Phi) is 3.00. The third-order valence-corrected chi connectivity index (χ3v) is 2.27. The van der Waals surface area contributed by atoms with Gasteiger partial charge >= 0.3 is 0 Å². The summed E-state index contributed by atoms with van der Waals surface area (Å²) in [6.07, 6.45) is 2.68. The molecule has 16 heavy (non-hydrogen) atoms.